The summed E-state index contributed by atoms with van der Waals surface area (Å²) in [6.07, 6.45) is 5.22. The maximum absolute atomic E-state index is 9.10. The van der Waals surface area contributed by atoms with Crippen LogP contribution in [0.25, 0.3) is 0 Å². The van der Waals surface area contributed by atoms with Gasteiger partial charge in [0, 0.05) is 18.7 Å². The van der Waals surface area contributed by atoms with Crippen LogP contribution in [0.5, 0.6) is 0 Å². The summed E-state index contributed by atoms with van der Waals surface area (Å²) in [7, 11) is 2.21. The summed E-state index contributed by atoms with van der Waals surface area (Å²) in [4.78, 5) is 2.48. The van der Waals surface area contributed by atoms with Crippen LogP contribution < -0.4 is 0 Å². The van der Waals surface area contributed by atoms with Gasteiger partial charge in [-0.2, -0.15) is 0 Å². The molecular weight excluding hydrogens is 138 g/mol. The fourth-order valence-electron chi connectivity index (χ4n) is 2.77. The molecule has 2 aliphatic heterocycles. The summed E-state index contributed by atoms with van der Waals surface area (Å²) in [5.74, 6) is 0.568. The summed E-state index contributed by atoms with van der Waals surface area (Å²) in [5.41, 5.74) is 0. The Morgan fingerprint density at radius 3 is 2.73 bits per heavy atom. The fraction of sp³-hybridized carbons (Fsp3) is 1.00. The third-order valence-electron chi connectivity index (χ3n) is 3.54. The Bertz CT molecular complexity index is 148. The van der Waals surface area contributed by atoms with E-state index >= 15 is 0 Å². The third kappa shape index (κ3) is 1.09. The number of nitrogens with zero attached hydrogens (tertiary/aromatic N) is 1. The van der Waals surface area contributed by atoms with Gasteiger partial charge < -0.3 is 10.0 Å². The minimum atomic E-state index is 0.391. The average Bonchev–Trinajstić information content (AvgIpc) is 2.31. The van der Waals surface area contributed by atoms with Gasteiger partial charge in [0.15, 0.2) is 0 Å². The smallest absolute Gasteiger partial charge is 0.0474 e. The van der Waals surface area contributed by atoms with E-state index in [1.54, 1.807) is 0 Å². The quantitative estimate of drug-likeness (QED) is 0.607. The lowest BCUT2D eigenvalue weighted by Gasteiger charge is -2.36. The molecule has 0 amide bonds. The molecular formula is C9H17NO. The van der Waals surface area contributed by atoms with E-state index in [4.69, 9.17) is 5.11 Å². The molecule has 0 spiro atoms. The van der Waals surface area contributed by atoms with Crippen molar-refractivity contribution in [1.82, 2.24) is 4.90 Å². The second-order valence-electron chi connectivity index (χ2n) is 3.98. The molecule has 2 rings (SSSR count). The summed E-state index contributed by atoms with van der Waals surface area (Å²) in [5, 5.41) is 9.10. The van der Waals surface area contributed by atoms with Crippen molar-refractivity contribution >= 4 is 0 Å². The van der Waals surface area contributed by atoms with Crippen molar-refractivity contribution in [3.8, 4) is 0 Å². The zero-order valence-corrected chi connectivity index (χ0v) is 7.16. The number of rotatable bonds is 1. The van der Waals surface area contributed by atoms with Gasteiger partial charge in [-0.1, -0.05) is 0 Å². The van der Waals surface area contributed by atoms with Crippen molar-refractivity contribution in [2.24, 2.45) is 5.92 Å². The Labute approximate surface area is 68.2 Å². The van der Waals surface area contributed by atoms with E-state index in [0.717, 1.165) is 6.04 Å². The maximum atomic E-state index is 9.10. The summed E-state index contributed by atoms with van der Waals surface area (Å²) >= 11 is 0. The topological polar surface area (TPSA) is 23.5 Å². The maximum Gasteiger partial charge on any atom is 0.0474 e. The highest BCUT2D eigenvalue weighted by Crippen LogP contribution is 2.37. The van der Waals surface area contributed by atoms with Crippen LogP contribution in [0.2, 0.25) is 0 Å². The van der Waals surface area contributed by atoms with Gasteiger partial charge in [-0.25, -0.2) is 0 Å². The van der Waals surface area contributed by atoms with E-state index in [2.05, 4.69) is 11.9 Å². The first-order valence-electron chi connectivity index (χ1n) is 4.65. The van der Waals surface area contributed by atoms with Gasteiger partial charge in [0.2, 0.25) is 0 Å². The van der Waals surface area contributed by atoms with E-state index in [-0.39, 0.29) is 0 Å². The largest absolute Gasteiger partial charge is 0.396 e. The summed E-state index contributed by atoms with van der Waals surface area (Å²) in [6.45, 7) is 0.391. The van der Waals surface area contributed by atoms with Crippen molar-refractivity contribution in [1.29, 1.82) is 0 Å². The predicted molar refractivity (Wildman–Crippen MR) is 44.4 cm³/mol. The Morgan fingerprint density at radius 1 is 1.27 bits per heavy atom. The molecule has 2 heterocycles. The molecule has 2 unspecified atom stereocenters. The van der Waals surface area contributed by atoms with Crippen molar-refractivity contribution < 1.29 is 5.11 Å². The van der Waals surface area contributed by atoms with E-state index in [1.165, 1.54) is 25.7 Å². The highest BCUT2D eigenvalue weighted by molar-refractivity contribution is 4.94. The normalized spacial score (nSPS) is 44.7. The van der Waals surface area contributed by atoms with Crippen LogP contribution >= 0.6 is 0 Å². The first-order chi connectivity index (χ1) is 5.33. The van der Waals surface area contributed by atoms with Gasteiger partial charge in [0.25, 0.3) is 0 Å². The van der Waals surface area contributed by atoms with Crippen LogP contribution in [0.4, 0.5) is 0 Å². The van der Waals surface area contributed by atoms with Crippen LogP contribution in [0, 0.1) is 5.92 Å². The standard InChI is InChI=1S/C9H17NO/c1-10-8-3-2-7(6-11)9(10)5-4-8/h7-9,11H,2-6H2,1H3/t7-,8?,9?/m1/s1. The Kier molecular flexibility index (Phi) is 1.90. The summed E-state index contributed by atoms with van der Waals surface area (Å²) in [6, 6.07) is 1.53. The third-order valence-corrected chi connectivity index (χ3v) is 3.54. The molecule has 64 valence electrons. The molecule has 2 bridgehead atoms. The van der Waals surface area contributed by atoms with Gasteiger partial charge in [-0.3, -0.25) is 0 Å². The van der Waals surface area contributed by atoms with Gasteiger partial charge >= 0.3 is 0 Å². The zero-order chi connectivity index (χ0) is 7.84. The minimum absolute atomic E-state index is 0.391. The van der Waals surface area contributed by atoms with Crippen molar-refractivity contribution in [3.05, 3.63) is 0 Å². The van der Waals surface area contributed by atoms with Gasteiger partial charge in [-0.15, -0.1) is 0 Å². The molecule has 0 radical (unpaired) electrons. The summed E-state index contributed by atoms with van der Waals surface area (Å²) < 4.78 is 0. The highest BCUT2D eigenvalue weighted by Gasteiger charge is 2.39. The Morgan fingerprint density at radius 2 is 2.00 bits per heavy atom. The highest BCUT2D eigenvalue weighted by atomic mass is 16.3. The lowest BCUT2D eigenvalue weighted by molar-refractivity contribution is 0.0775. The fourth-order valence-corrected chi connectivity index (χ4v) is 2.77. The van der Waals surface area contributed by atoms with Gasteiger partial charge in [-0.05, 0) is 38.6 Å². The van der Waals surface area contributed by atoms with Crippen LogP contribution in [-0.4, -0.2) is 35.7 Å². The molecule has 0 aliphatic carbocycles. The first-order valence-corrected chi connectivity index (χ1v) is 4.65. The second kappa shape index (κ2) is 2.76. The van der Waals surface area contributed by atoms with E-state index in [0.29, 0.717) is 18.6 Å². The molecule has 2 nitrogen and oxygen atoms in total. The number of aliphatic hydroxyl groups is 1. The monoisotopic (exact) mass is 155 g/mol. The van der Waals surface area contributed by atoms with Crippen molar-refractivity contribution in [2.45, 2.75) is 37.8 Å². The minimum Gasteiger partial charge on any atom is -0.396 e. The van der Waals surface area contributed by atoms with Crippen molar-refractivity contribution in [3.63, 3.8) is 0 Å². The zero-order valence-electron chi connectivity index (χ0n) is 7.16. The number of hydrogen-bond donors (Lipinski definition) is 1. The molecule has 0 saturated carbocycles. The molecule has 2 fully saturated rings. The SMILES string of the molecule is CN1C2CCC1[C@@H](CO)CC2. The van der Waals surface area contributed by atoms with Crippen LogP contribution in [0.3, 0.4) is 0 Å². The predicted octanol–water partition coefficient (Wildman–Crippen LogP) is 0.851. The Balaban J connectivity index is 2.08. The van der Waals surface area contributed by atoms with E-state index < -0.39 is 0 Å². The number of piperidine rings is 1. The number of aliphatic hydroxyl groups excluding tert-OH is 1. The molecule has 3 atom stereocenters. The second-order valence-corrected chi connectivity index (χ2v) is 3.98. The lowest BCUT2D eigenvalue weighted by atomic mass is 9.91. The molecule has 1 N–H and O–H groups in total. The molecule has 11 heavy (non-hydrogen) atoms. The van der Waals surface area contributed by atoms with Crippen LogP contribution in [0.15, 0.2) is 0 Å². The molecule has 2 aliphatic rings. The molecule has 2 saturated heterocycles. The Hall–Kier alpha value is -0.0800. The van der Waals surface area contributed by atoms with Gasteiger partial charge in [0.1, 0.15) is 0 Å². The van der Waals surface area contributed by atoms with Crippen LogP contribution in [-0.2, 0) is 0 Å². The number of hydrogen-bond acceptors (Lipinski definition) is 2. The molecule has 0 aromatic carbocycles. The van der Waals surface area contributed by atoms with Crippen molar-refractivity contribution in [2.75, 3.05) is 13.7 Å². The lowest BCUT2D eigenvalue weighted by Crippen LogP contribution is -2.43. The molecule has 0 aromatic heterocycles. The van der Waals surface area contributed by atoms with Crippen LogP contribution in [0.1, 0.15) is 25.7 Å². The molecule has 2 heteroatoms. The number of fused-ring (bicyclic) bond motifs is 2. The average molecular weight is 155 g/mol. The van der Waals surface area contributed by atoms with E-state index in [1.807, 2.05) is 0 Å². The van der Waals surface area contributed by atoms with Gasteiger partial charge in [0.05, 0.1) is 0 Å². The first kappa shape index (κ1) is 7.56. The molecule has 0 aromatic rings. The van der Waals surface area contributed by atoms with E-state index in [9.17, 15) is 0 Å².